The van der Waals surface area contributed by atoms with Crippen LogP contribution in [0.3, 0.4) is 0 Å². The zero-order chi connectivity index (χ0) is 71.3. The SMILES string of the molecule is C#CC(=O)N1CCC(n2nc(-c3ccc(Oc4ccccc4)cc3)c3c(N)ncnc32)CC1.C/C=C/C(=O)N1CCC(n2nc(-c3ccc(Oc4ccccc4)cc3)c3c(N)ncnc32)C1.CN(C)C/C=C/C(=O)N1CCC(n2nc(-c3ccc(Oc4ccccc4)cc3)c3c(N)ncnc32)CC1. The van der Waals surface area contributed by atoms with Crippen molar-refractivity contribution in [3.8, 4) is 80.6 Å². The van der Waals surface area contributed by atoms with Gasteiger partial charge in [-0.2, -0.15) is 15.3 Å². The first kappa shape index (κ1) is 68.7. The van der Waals surface area contributed by atoms with Crippen LogP contribution in [-0.2, 0) is 14.4 Å². The maximum Gasteiger partial charge on any atom is 0.298 e. The molecule has 3 aliphatic heterocycles. The number of amides is 3. The fraction of sp³-hybridized carbons (Fsp3) is 0.231. The van der Waals surface area contributed by atoms with Gasteiger partial charge in [-0.3, -0.25) is 14.4 Å². The Balaban J connectivity index is 0.000000138. The van der Waals surface area contributed by atoms with E-state index in [2.05, 4.69) is 35.8 Å². The minimum absolute atomic E-state index is 0.0137. The Morgan fingerprint density at radius 2 is 0.786 bits per heavy atom. The van der Waals surface area contributed by atoms with Crippen molar-refractivity contribution in [2.45, 2.75) is 57.2 Å². The molecule has 6 N–H and O–H groups in total. The summed E-state index contributed by atoms with van der Waals surface area (Å²) in [6.07, 6.45) is 20.4. The second-order valence-electron chi connectivity index (χ2n) is 25.2. The molecule has 6 aromatic heterocycles. The predicted molar refractivity (Wildman–Crippen MR) is 396 cm³/mol. The molecule has 3 fully saturated rings. The van der Waals surface area contributed by atoms with E-state index in [9.17, 15) is 14.4 Å². The molecule has 3 aliphatic rings. The maximum atomic E-state index is 12.6. The lowest BCUT2D eigenvalue weighted by Crippen LogP contribution is -2.38. The highest BCUT2D eigenvalue weighted by molar-refractivity contribution is 6.00. The van der Waals surface area contributed by atoms with Crippen molar-refractivity contribution in [1.82, 2.24) is 78.8 Å². The van der Waals surface area contributed by atoms with Crippen LogP contribution in [0.25, 0.3) is 66.9 Å². The number of anilines is 3. The summed E-state index contributed by atoms with van der Waals surface area (Å²) in [5.74, 6) is 7.65. The summed E-state index contributed by atoms with van der Waals surface area (Å²) in [4.78, 5) is 70.2. The first-order valence-electron chi connectivity index (χ1n) is 34.0. The van der Waals surface area contributed by atoms with Crippen LogP contribution >= 0.6 is 0 Å². The number of aromatic nitrogens is 12. The molecule has 0 bridgehead atoms. The summed E-state index contributed by atoms with van der Waals surface area (Å²) in [6, 6.07) is 52.3. The van der Waals surface area contributed by atoms with Crippen molar-refractivity contribution < 1.29 is 28.6 Å². The molecular formula is C78H77N19O6. The van der Waals surface area contributed by atoms with Gasteiger partial charge in [-0.15, -0.1) is 6.42 Å². The van der Waals surface area contributed by atoms with Gasteiger partial charge in [-0.1, -0.05) is 66.7 Å². The lowest BCUT2D eigenvalue weighted by atomic mass is 10.1. The van der Waals surface area contributed by atoms with Crippen LogP contribution in [0.5, 0.6) is 34.5 Å². The molecule has 9 heterocycles. The lowest BCUT2D eigenvalue weighted by molar-refractivity contribution is -0.127. The van der Waals surface area contributed by atoms with E-state index in [0.717, 1.165) is 112 Å². The number of nitrogens with two attached hydrogens (primary N) is 3. The molecule has 0 aliphatic carbocycles. The number of nitrogen functional groups attached to an aromatic ring is 3. The summed E-state index contributed by atoms with van der Waals surface area (Å²) >= 11 is 0. The minimum atomic E-state index is -0.274. The number of ether oxygens (including phenoxy) is 3. The number of rotatable bonds is 16. The van der Waals surface area contributed by atoms with Crippen molar-refractivity contribution in [3.63, 3.8) is 0 Å². The normalized spacial score (nSPS) is 14.9. The molecule has 1 atom stereocenters. The number of likely N-dealkylation sites (N-methyl/N-ethyl adjacent to an activating group) is 1. The number of piperidine rings is 2. The quantitative estimate of drug-likeness (QED) is 0.0598. The van der Waals surface area contributed by atoms with Crippen molar-refractivity contribution >= 4 is 68.3 Å². The van der Waals surface area contributed by atoms with E-state index in [-0.39, 0.29) is 35.8 Å². The molecule has 1 unspecified atom stereocenters. The van der Waals surface area contributed by atoms with Crippen LogP contribution in [0, 0.1) is 12.3 Å². The summed E-state index contributed by atoms with van der Waals surface area (Å²) < 4.78 is 23.5. The van der Waals surface area contributed by atoms with E-state index < -0.39 is 0 Å². The second kappa shape index (κ2) is 31.6. The van der Waals surface area contributed by atoms with Crippen molar-refractivity contribution in [3.05, 3.63) is 207 Å². The zero-order valence-corrected chi connectivity index (χ0v) is 57.3. The van der Waals surface area contributed by atoms with Gasteiger partial charge < -0.3 is 51.0 Å². The molecule has 0 radical (unpaired) electrons. The van der Waals surface area contributed by atoms with Gasteiger partial charge in [0.25, 0.3) is 5.91 Å². The highest BCUT2D eigenvalue weighted by Gasteiger charge is 2.32. The van der Waals surface area contributed by atoms with Crippen molar-refractivity contribution in [2.75, 3.05) is 77.1 Å². The number of allylic oxidation sites excluding steroid dienone is 1. The highest BCUT2D eigenvalue weighted by atomic mass is 16.5. The van der Waals surface area contributed by atoms with Crippen LogP contribution in [0.2, 0.25) is 0 Å². The third kappa shape index (κ3) is 15.8. The Labute approximate surface area is 594 Å². The third-order valence-electron chi connectivity index (χ3n) is 18.1. The molecule has 3 saturated heterocycles. The monoisotopic (exact) mass is 1380 g/mol. The summed E-state index contributed by atoms with van der Waals surface area (Å²) in [7, 11) is 3.96. The summed E-state index contributed by atoms with van der Waals surface area (Å²) in [5, 5.41) is 16.9. The van der Waals surface area contributed by atoms with E-state index in [1.165, 1.54) is 19.0 Å². The van der Waals surface area contributed by atoms with Gasteiger partial charge in [-0.25, -0.2) is 43.9 Å². The lowest BCUT2D eigenvalue weighted by Gasteiger charge is -2.31. The second-order valence-corrected chi connectivity index (χ2v) is 25.2. The van der Waals surface area contributed by atoms with Crippen molar-refractivity contribution in [2.24, 2.45) is 0 Å². The number of benzene rings is 6. The van der Waals surface area contributed by atoms with Gasteiger partial charge >= 0.3 is 0 Å². The molecule has 103 heavy (non-hydrogen) atoms. The van der Waals surface area contributed by atoms with E-state index in [1.807, 2.05) is 220 Å². The third-order valence-corrected chi connectivity index (χ3v) is 18.1. The molecule has 6 aromatic carbocycles. The first-order chi connectivity index (χ1) is 50.3. The van der Waals surface area contributed by atoms with Gasteiger partial charge in [0.2, 0.25) is 11.8 Å². The molecule has 25 nitrogen and oxygen atoms in total. The van der Waals surface area contributed by atoms with Crippen LogP contribution in [-0.4, -0.2) is 156 Å². The topological polar surface area (TPSA) is 301 Å². The van der Waals surface area contributed by atoms with Crippen LogP contribution in [0.15, 0.2) is 207 Å². The number of fused-ring (bicyclic) bond motifs is 3. The Morgan fingerprint density at radius 1 is 0.456 bits per heavy atom. The number of nitrogens with zero attached hydrogens (tertiary/aromatic N) is 16. The Kier molecular flexibility index (Phi) is 21.1. The van der Waals surface area contributed by atoms with Gasteiger partial charge in [0.1, 0.15) is 88.0 Å². The standard InChI is InChI=1S/C28H31N7O2.C25H22N6O2.C25H24N6O2/c1-33(2)16-6-9-24(36)34-17-14-21(15-18-34)35-28-25(27(29)30-19-31-28)26(32-35)20-10-12-23(13-11-20)37-22-7-4-3-5-8-22;1-2-21(32)30-14-12-18(13-15-30)31-25-22(24(26)27-16-28-25)23(29-31)17-8-10-20(11-9-17)33-19-6-4-3-5-7-19;1-2-6-21(32)30-14-13-18(15-30)31-25-22(24(26)27-16-28-25)23(29-31)17-9-11-20(12-10-17)33-19-7-4-3-5-8-19/h3-13,19,21H,14-18H2,1-2H3,(H2,29,30,31);1,3-11,16,18H,12-15H2,(H2,26,27,28);2-12,16,18H,13-15H2,1H3,(H2,26,27,28)/b9-6+;;6-2+. The van der Waals surface area contributed by atoms with Crippen molar-refractivity contribution in [1.29, 1.82) is 0 Å². The Morgan fingerprint density at radius 3 is 1.15 bits per heavy atom. The van der Waals surface area contributed by atoms with E-state index in [0.29, 0.717) is 84.7 Å². The highest BCUT2D eigenvalue weighted by Crippen LogP contribution is 2.39. The molecular weight excluding hydrogens is 1300 g/mol. The Hall–Kier alpha value is -12.8. The van der Waals surface area contributed by atoms with Crippen LogP contribution < -0.4 is 31.4 Å². The van der Waals surface area contributed by atoms with Crippen LogP contribution in [0.1, 0.15) is 57.2 Å². The van der Waals surface area contributed by atoms with Gasteiger partial charge in [0, 0.05) is 68.6 Å². The maximum absolute atomic E-state index is 12.6. The smallest absolute Gasteiger partial charge is 0.298 e. The molecule has 0 spiro atoms. The molecule has 15 rings (SSSR count). The molecule has 25 heteroatoms. The summed E-state index contributed by atoms with van der Waals surface area (Å²) in [5.41, 5.74) is 25.7. The predicted octanol–water partition coefficient (Wildman–Crippen LogP) is 12.0. The number of terminal acetylenes is 1. The molecule has 3 amide bonds. The van der Waals surface area contributed by atoms with Gasteiger partial charge in [0.05, 0.1) is 34.3 Å². The number of carbonyl (C=O) groups excluding carboxylic acids is 3. The number of para-hydroxylation sites is 3. The van der Waals surface area contributed by atoms with E-state index >= 15 is 0 Å². The van der Waals surface area contributed by atoms with Crippen LogP contribution in [0.4, 0.5) is 17.5 Å². The number of carbonyl (C=O) groups is 3. The first-order valence-corrected chi connectivity index (χ1v) is 34.0. The van der Waals surface area contributed by atoms with Gasteiger partial charge in [0.15, 0.2) is 16.9 Å². The largest absolute Gasteiger partial charge is 0.457 e. The minimum Gasteiger partial charge on any atom is -0.457 e. The molecule has 0 saturated carbocycles. The van der Waals surface area contributed by atoms with E-state index in [4.69, 9.17) is 53.1 Å². The van der Waals surface area contributed by atoms with Gasteiger partial charge in [-0.05, 0) is 174 Å². The fourth-order valence-electron chi connectivity index (χ4n) is 12.9. The summed E-state index contributed by atoms with van der Waals surface area (Å²) in [6.45, 7) is 6.33. The molecule has 520 valence electrons. The average molecular weight is 1380 g/mol. The number of hydrogen-bond acceptors (Lipinski definition) is 19. The number of likely N-dealkylation sites (tertiary alicyclic amines) is 3. The number of hydrogen-bond donors (Lipinski definition) is 3. The average Bonchev–Trinajstić information content (AvgIpc) is 1.63. The zero-order valence-electron chi connectivity index (χ0n) is 57.3. The fourth-order valence-corrected chi connectivity index (χ4v) is 12.9. The Bertz CT molecular complexity index is 5040. The molecule has 12 aromatic rings. The van der Waals surface area contributed by atoms with E-state index in [1.54, 1.807) is 23.1 Å².